The summed E-state index contributed by atoms with van der Waals surface area (Å²) in [5, 5.41) is 10.7. The van der Waals surface area contributed by atoms with Gasteiger partial charge in [-0.15, -0.1) is 0 Å². The molecule has 0 radical (unpaired) electrons. The van der Waals surface area contributed by atoms with E-state index in [4.69, 9.17) is 5.11 Å². The number of rotatable bonds is 7. The van der Waals surface area contributed by atoms with Crippen LogP contribution in [0.25, 0.3) is 6.08 Å². The first-order valence-electron chi connectivity index (χ1n) is 6.07. The van der Waals surface area contributed by atoms with Gasteiger partial charge in [0.15, 0.2) is 5.78 Å². The molecule has 0 spiro atoms. The maximum absolute atomic E-state index is 13.3. The minimum Gasteiger partial charge on any atom is -0.481 e. The molecule has 0 saturated carbocycles. The van der Waals surface area contributed by atoms with Crippen LogP contribution < -0.4 is 5.32 Å². The van der Waals surface area contributed by atoms with Crippen molar-refractivity contribution in [3.05, 3.63) is 53.9 Å². The van der Waals surface area contributed by atoms with Crippen LogP contribution in [0.4, 0.5) is 4.39 Å². The quantitative estimate of drug-likeness (QED) is 0.453. The lowest BCUT2D eigenvalue weighted by Crippen LogP contribution is -2.29. The molecule has 21 heavy (non-hydrogen) atoms. The van der Waals surface area contributed by atoms with E-state index in [1.807, 2.05) is 0 Å². The SMILES string of the molecule is C=C(C(=O)/C=C/c1ccccc1F)C(=O)NCCC(=O)O. The van der Waals surface area contributed by atoms with Crippen molar-refractivity contribution >= 4 is 23.7 Å². The number of carboxylic acids is 1. The van der Waals surface area contributed by atoms with Crippen LogP contribution in [-0.4, -0.2) is 29.3 Å². The zero-order chi connectivity index (χ0) is 15.8. The van der Waals surface area contributed by atoms with Gasteiger partial charge in [-0.25, -0.2) is 4.39 Å². The summed E-state index contributed by atoms with van der Waals surface area (Å²) in [6, 6.07) is 5.86. The van der Waals surface area contributed by atoms with Crippen LogP contribution in [-0.2, 0) is 14.4 Å². The summed E-state index contributed by atoms with van der Waals surface area (Å²) in [5.41, 5.74) is -0.127. The monoisotopic (exact) mass is 291 g/mol. The van der Waals surface area contributed by atoms with Crippen LogP contribution in [0.2, 0.25) is 0 Å². The maximum Gasteiger partial charge on any atom is 0.305 e. The highest BCUT2D eigenvalue weighted by Gasteiger charge is 2.13. The minimum atomic E-state index is -1.06. The average Bonchev–Trinajstić information content (AvgIpc) is 2.44. The van der Waals surface area contributed by atoms with E-state index in [1.54, 1.807) is 6.07 Å². The molecule has 2 N–H and O–H groups in total. The van der Waals surface area contributed by atoms with Gasteiger partial charge in [0.05, 0.1) is 12.0 Å². The highest BCUT2D eigenvalue weighted by atomic mass is 19.1. The summed E-state index contributed by atoms with van der Waals surface area (Å²) in [5.74, 6) is -2.98. The molecule has 0 atom stereocenters. The third-order valence-corrected chi connectivity index (χ3v) is 2.52. The average molecular weight is 291 g/mol. The Morgan fingerprint density at radius 1 is 1.29 bits per heavy atom. The molecule has 0 aliphatic rings. The molecule has 6 heteroatoms. The zero-order valence-electron chi connectivity index (χ0n) is 11.1. The Kier molecular flexibility index (Phi) is 6.00. The van der Waals surface area contributed by atoms with E-state index in [1.165, 1.54) is 24.3 Å². The molecule has 0 heterocycles. The molecule has 0 aliphatic carbocycles. The summed E-state index contributed by atoms with van der Waals surface area (Å²) in [7, 11) is 0. The molecular formula is C15H14FNO4. The van der Waals surface area contributed by atoms with E-state index in [2.05, 4.69) is 11.9 Å². The van der Waals surface area contributed by atoms with Crippen LogP contribution in [0.15, 0.2) is 42.5 Å². The lowest BCUT2D eigenvalue weighted by atomic mass is 10.1. The van der Waals surface area contributed by atoms with Crippen LogP contribution in [0, 0.1) is 5.82 Å². The molecule has 1 aromatic carbocycles. The van der Waals surface area contributed by atoms with Gasteiger partial charge in [0.25, 0.3) is 5.91 Å². The number of ketones is 1. The highest BCUT2D eigenvalue weighted by Crippen LogP contribution is 2.09. The van der Waals surface area contributed by atoms with Crippen molar-refractivity contribution in [1.82, 2.24) is 5.32 Å². The van der Waals surface area contributed by atoms with Gasteiger partial charge in [0.1, 0.15) is 5.82 Å². The molecule has 0 aromatic heterocycles. The molecule has 5 nitrogen and oxygen atoms in total. The van der Waals surface area contributed by atoms with Crippen molar-refractivity contribution in [2.75, 3.05) is 6.54 Å². The van der Waals surface area contributed by atoms with E-state index >= 15 is 0 Å². The van der Waals surface area contributed by atoms with Gasteiger partial charge in [-0.2, -0.15) is 0 Å². The number of carboxylic acid groups (broad SMARTS) is 1. The van der Waals surface area contributed by atoms with Crippen molar-refractivity contribution in [2.45, 2.75) is 6.42 Å². The summed E-state index contributed by atoms with van der Waals surface area (Å²) >= 11 is 0. The first kappa shape index (κ1) is 16.3. The van der Waals surface area contributed by atoms with Gasteiger partial charge < -0.3 is 10.4 Å². The van der Waals surface area contributed by atoms with Crippen molar-refractivity contribution < 1.29 is 23.9 Å². The third-order valence-electron chi connectivity index (χ3n) is 2.52. The number of carbonyl (C=O) groups is 3. The minimum absolute atomic E-state index is 0.0997. The first-order valence-corrected chi connectivity index (χ1v) is 6.07. The number of carbonyl (C=O) groups excluding carboxylic acids is 2. The topological polar surface area (TPSA) is 83.5 Å². The molecule has 1 amide bonds. The predicted octanol–water partition coefficient (Wildman–Crippen LogP) is 1.56. The van der Waals surface area contributed by atoms with Gasteiger partial charge >= 0.3 is 5.97 Å². The van der Waals surface area contributed by atoms with Gasteiger partial charge in [0.2, 0.25) is 0 Å². The van der Waals surface area contributed by atoms with E-state index in [-0.39, 0.29) is 24.1 Å². The Morgan fingerprint density at radius 3 is 2.57 bits per heavy atom. The second-order valence-corrected chi connectivity index (χ2v) is 4.10. The van der Waals surface area contributed by atoms with Crippen molar-refractivity contribution in [3.8, 4) is 0 Å². The van der Waals surface area contributed by atoms with Crippen LogP contribution >= 0.6 is 0 Å². The zero-order valence-corrected chi connectivity index (χ0v) is 11.1. The van der Waals surface area contributed by atoms with E-state index < -0.39 is 23.5 Å². The maximum atomic E-state index is 13.3. The summed E-state index contributed by atoms with van der Waals surface area (Å²) in [4.78, 5) is 33.5. The molecule has 0 unspecified atom stereocenters. The number of halogens is 1. The molecule has 110 valence electrons. The normalized spacial score (nSPS) is 10.3. The molecule has 1 rings (SSSR count). The summed E-state index contributed by atoms with van der Waals surface area (Å²) in [6.07, 6.45) is 2.03. The molecule has 0 saturated heterocycles. The standard InChI is InChI=1S/C15H14FNO4/c1-10(15(21)17-9-8-14(19)20)13(18)7-6-11-4-2-3-5-12(11)16/h2-7H,1,8-9H2,(H,17,21)(H,19,20)/b7-6+. The number of hydrogen-bond acceptors (Lipinski definition) is 3. The Labute approximate surface area is 120 Å². The van der Waals surface area contributed by atoms with E-state index in [0.717, 1.165) is 6.08 Å². The first-order chi connectivity index (χ1) is 9.91. The second kappa shape index (κ2) is 7.74. The van der Waals surface area contributed by atoms with Gasteiger partial charge in [0, 0.05) is 12.1 Å². The number of benzene rings is 1. The second-order valence-electron chi connectivity index (χ2n) is 4.10. The Bertz CT molecular complexity index is 607. The summed E-state index contributed by atoms with van der Waals surface area (Å²) < 4.78 is 13.3. The fourth-order valence-corrected chi connectivity index (χ4v) is 1.38. The largest absolute Gasteiger partial charge is 0.481 e. The number of nitrogens with one attached hydrogen (secondary N) is 1. The smallest absolute Gasteiger partial charge is 0.305 e. The van der Waals surface area contributed by atoms with Crippen molar-refractivity contribution in [1.29, 1.82) is 0 Å². The lowest BCUT2D eigenvalue weighted by Gasteiger charge is -2.03. The number of amides is 1. The number of aliphatic carboxylic acids is 1. The number of allylic oxidation sites excluding steroid dienone is 1. The fraction of sp³-hybridized carbons (Fsp3) is 0.133. The molecule has 0 aliphatic heterocycles. The highest BCUT2D eigenvalue weighted by molar-refractivity contribution is 6.23. The Morgan fingerprint density at radius 2 is 1.95 bits per heavy atom. The molecule has 0 bridgehead atoms. The van der Waals surface area contributed by atoms with Crippen molar-refractivity contribution in [2.24, 2.45) is 0 Å². The van der Waals surface area contributed by atoms with Crippen LogP contribution in [0.5, 0.6) is 0 Å². The number of hydrogen-bond donors (Lipinski definition) is 2. The van der Waals surface area contributed by atoms with E-state index in [9.17, 15) is 18.8 Å². The Hall–Kier alpha value is -2.76. The van der Waals surface area contributed by atoms with E-state index in [0.29, 0.717) is 0 Å². The Balaban J connectivity index is 2.58. The molecule has 0 fully saturated rings. The van der Waals surface area contributed by atoms with Crippen LogP contribution in [0.1, 0.15) is 12.0 Å². The van der Waals surface area contributed by atoms with Crippen LogP contribution in [0.3, 0.4) is 0 Å². The molecular weight excluding hydrogens is 277 g/mol. The van der Waals surface area contributed by atoms with Gasteiger partial charge in [-0.05, 0) is 18.2 Å². The van der Waals surface area contributed by atoms with Gasteiger partial charge in [-0.1, -0.05) is 24.8 Å². The lowest BCUT2D eigenvalue weighted by molar-refractivity contribution is -0.136. The fourth-order valence-electron chi connectivity index (χ4n) is 1.38. The summed E-state index contributed by atoms with van der Waals surface area (Å²) in [6.45, 7) is 3.23. The molecule has 1 aromatic rings. The van der Waals surface area contributed by atoms with Crippen molar-refractivity contribution in [3.63, 3.8) is 0 Å². The predicted molar refractivity (Wildman–Crippen MR) is 74.8 cm³/mol. The third kappa shape index (κ3) is 5.40. The van der Waals surface area contributed by atoms with Gasteiger partial charge in [-0.3, -0.25) is 14.4 Å².